The number of ether oxygens (including phenoxy) is 1. The Bertz CT molecular complexity index is 909. The molecule has 2 heterocycles. The smallest absolute Gasteiger partial charge is 0.350 e. The third-order valence-electron chi connectivity index (χ3n) is 4.65. The van der Waals surface area contributed by atoms with E-state index in [0.29, 0.717) is 22.2 Å². The van der Waals surface area contributed by atoms with E-state index in [2.05, 4.69) is 10.3 Å². The van der Waals surface area contributed by atoms with Crippen molar-refractivity contribution in [2.45, 2.75) is 33.6 Å². The molecule has 7 nitrogen and oxygen atoms in total. The number of hydrogen-bond acceptors (Lipinski definition) is 6. The van der Waals surface area contributed by atoms with Gasteiger partial charge in [-0.05, 0) is 31.9 Å². The van der Waals surface area contributed by atoms with Crippen LogP contribution in [0.1, 0.15) is 41.2 Å². The van der Waals surface area contributed by atoms with Gasteiger partial charge < -0.3 is 15.0 Å². The molecule has 0 saturated carbocycles. The first-order valence-electron chi connectivity index (χ1n) is 9.28. The fraction of sp³-hybridized carbons (Fsp3) is 0.400. The molecule has 1 atom stereocenters. The van der Waals surface area contributed by atoms with Gasteiger partial charge in [-0.3, -0.25) is 9.59 Å². The Labute approximate surface area is 167 Å². The fourth-order valence-electron chi connectivity index (χ4n) is 3.23. The maximum Gasteiger partial charge on any atom is 0.350 e. The number of esters is 1. The lowest BCUT2D eigenvalue weighted by molar-refractivity contribution is -0.122. The number of para-hydroxylation sites is 1. The number of carbonyl (C=O) groups excluding carboxylic acids is 3. The van der Waals surface area contributed by atoms with E-state index in [1.807, 2.05) is 31.2 Å². The summed E-state index contributed by atoms with van der Waals surface area (Å²) >= 11 is 1.08. The number of nitrogens with zero attached hydrogens (tertiary/aromatic N) is 2. The number of nitrogens with one attached hydrogen (secondary N) is 1. The van der Waals surface area contributed by atoms with Crippen molar-refractivity contribution >= 4 is 39.9 Å². The average molecular weight is 401 g/mol. The normalized spacial score (nSPS) is 16.3. The number of thiazole rings is 1. The van der Waals surface area contributed by atoms with Gasteiger partial charge in [0.2, 0.25) is 11.8 Å². The van der Waals surface area contributed by atoms with Gasteiger partial charge in [0, 0.05) is 18.7 Å². The molecule has 2 amide bonds. The number of benzene rings is 1. The molecule has 0 spiro atoms. The number of aryl methyl sites for hydroxylation is 2. The number of rotatable bonds is 6. The summed E-state index contributed by atoms with van der Waals surface area (Å²) < 4.78 is 4.99. The van der Waals surface area contributed by atoms with Gasteiger partial charge in [-0.25, -0.2) is 9.78 Å². The van der Waals surface area contributed by atoms with Gasteiger partial charge in [-0.15, -0.1) is 0 Å². The van der Waals surface area contributed by atoms with E-state index in [0.717, 1.165) is 29.0 Å². The number of aromatic nitrogens is 1. The minimum absolute atomic E-state index is 0.0661. The van der Waals surface area contributed by atoms with E-state index in [-0.39, 0.29) is 24.8 Å². The predicted octanol–water partition coefficient (Wildman–Crippen LogP) is 3.18. The van der Waals surface area contributed by atoms with Crippen molar-refractivity contribution in [1.82, 2.24) is 4.98 Å². The molecule has 1 aromatic heterocycles. The van der Waals surface area contributed by atoms with Crippen LogP contribution in [-0.4, -0.2) is 35.9 Å². The van der Waals surface area contributed by atoms with E-state index in [1.54, 1.807) is 18.7 Å². The Kier molecular flexibility index (Phi) is 6.08. The van der Waals surface area contributed by atoms with Crippen molar-refractivity contribution in [1.29, 1.82) is 0 Å². The van der Waals surface area contributed by atoms with E-state index < -0.39 is 11.9 Å². The highest BCUT2D eigenvalue weighted by Crippen LogP contribution is 2.30. The molecule has 0 bridgehead atoms. The molecule has 148 valence electrons. The largest absolute Gasteiger partial charge is 0.462 e. The van der Waals surface area contributed by atoms with Crippen LogP contribution in [0.25, 0.3) is 0 Å². The first-order chi connectivity index (χ1) is 13.4. The molecule has 1 aliphatic heterocycles. The summed E-state index contributed by atoms with van der Waals surface area (Å²) in [6.45, 7) is 6.07. The lowest BCUT2D eigenvalue weighted by Gasteiger charge is -2.19. The third kappa shape index (κ3) is 4.06. The summed E-state index contributed by atoms with van der Waals surface area (Å²) in [5.74, 6) is -1.25. The summed E-state index contributed by atoms with van der Waals surface area (Å²) in [5, 5.41) is 3.08. The van der Waals surface area contributed by atoms with Gasteiger partial charge in [0.25, 0.3) is 0 Å². The fourth-order valence-corrected chi connectivity index (χ4v) is 4.10. The number of carbonyl (C=O) groups is 3. The highest BCUT2D eigenvalue weighted by molar-refractivity contribution is 7.17. The Balaban J connectivity index is 1.70. The van der Waals surface area contributed by atoms with Gasteiger partial charge in [0.1, 0.15) is 4.88 Å². The van der Waals surface area contributed by atoms with Crippen molar-refractivity contribution in [3.63, 3.8) is 0 Å². The summed E-state index contributed by atoms with van der Waals surface area (Å²) in [6.07, 6.45) is 0.963. The Morgan fingerprint density at radius 3 is 2.79 bits per heavy atom. The van der Waals surface area contributed by atoms with Crippen LogP contribution >= 0.6 is 11.3 Å². The van der Waals surface area contributed by atoms with Crippen molar-refractivity contribution < 1.29 is 19.1 Å². The minimum atomic E-state index is -0.465. The van der Waals surface area contributed by atoms with Crippen LogP contribution in [-0.2, 0) is 20.7 Å². The molecule has 1 aliphatic rings. The van der Waals surface area contributed by atoms with Crippen LogP contribution in [0.15, 0.2) is 24.3 Å². The van der Waals surface area contributed by atoms with Gasteiger partial charge >= 0.3 is 5.97 Å². The molecule has 1 aromatic carbocycles. The zero-order valence-corrected chi connectivity index (χ0v) is 17.0. The molecule has 1 fully saturated rings. The van der Waals surface area contributed by atoms with Crippen LogP contribution < -0.4 is 10.2 Å². The van der Waals surface area contributed by atoms with E-state index >= 15 is 0 Å². The predicted molar refractivity (Wildman–Crippen MR) is 108 cm³/mol. The summed E-state index contributed by atoms with van der Waals surface area (Å²) in [5.41, 5.74) is 2.45. The van der Waals surface area contributed by atoms with Crippen LogP contribution in [0.4, 0.5) is 10.8 Å². The Hall–Kier alpha value is -2.74. The molecule has 28 heavy (non-hydrogen) atoms. The summed E-state index contributed by atoms with van der Waals surface area (Å²) in [7, 11) is 0. The van der Waals surface area contributed by atoms with E-state index in [4.69, 9.17) is 4.74 Å². The standard InChI is InChI=1S/C20H23N3O4S/c1-4-13-8-6-7-9-15(13)23-11-14(10-16(23)24)18(25)22-20-21-12(3)17(28-20)19(26)27-5-2/h6-9,14H,4-5,10-11H2,1-3H3,(H,21,22,25). The SMILES string of the molecule is CCOC(=O)c1sc(NC(=O)C2CC(=O)N(c3ccccc3CC)C2)nc1C. The lowest BCUT2D eigenvalue weighted by atomic mass is 10.1. The number of anilines is 2. The zero-order valence-electron chi connectivity index (χ0n) is 16.2. The molecule has 2 aromatic rings. The van der Waals surface area contributed by atoms with Crippen LogP contribution in [0.2, 0.25) is 0 Å². The molecule has 3 rings (SSSR count). The highest BCUT2D eigenvalue weighted by atomic mass is 32.1. The van der Waals surface area contributed by atoms with Crippen molar-refractivity contribution in [2.75, 3.05) is 23.4 Å². The highest BCUT2D eigenvalue weighted by Gasteiger charge is 2.36. The maximum atomic E-state index is 12.7. The average Bonchev–Trinajstić information content (AvgIpc) is 3.24. The molecular formula is C20H23N3O4S. The van der Waals surface area contributed by atoms with Crippen molar-refractivity contribution in [2.24, 2.45) is 5.92 Å². The monoisotopic (exact) mass is 401 g/mol. The summed E-state index contributed by atoms with van der Waals surface area (Å²) in [6, 6.07) is 7.74. The molecule has 0 aliphatic carbocycles. The topological polar surface area (TPSA) is 88.6 Å². The molecule has 1 unspecified atom stereocenters. The molecule has 1 saturated heterocycles. The van der Waals surface area contributed by atoms with Gasteiger partial charge in [-0.2, -0.15) is 0 Å². The van der Waals surface area contributed by atoms with Crippen LogP contribution in [0, 0.1) is 12.8 Å². The second kappa shape index (κ2) is 8.52. The van der Waals surface area contributed by atoms with E-state index in [1.165, 1.54) is 0 Å². The first-order valence-corrected chi connectivity index (χ1v) is 10.1. The van der Waals surface area contributed by atoms with Crippen LogP contribution in [0.3, 0.4) is 0 Å². The Morgan fingerprint density at radius 2 is 2.07 bits per heavy atom. The second-order valence-electron chi connectivity index (χ2n) is 6.53. The quantitative estimate of drug-likeness (QED) is 0.751. The van der Waals surface area contributed by atoms with Gasteiger partial charge in [0.05, 0.1) is 18.2 Å². The first kappa shape index (κ1) is 20.0. The number of amides is 2. The molecule has 8 heteroatoms. The van der Waals surface area contributed by atoms with Gasteiger partial charge in [0.15, 0.2) is 5.13 Å². The maximum absolute atomic E-state index is 12.7. The van der Waals surface area contributed by atoms with Crippen LogP contribution in [0.5, 0.6) is 0 Å². The van der Waals surface area contributed by atoms with E-state index in [9.17, 15) is 14.4 Å². The van der Waals surface area contributed by atoms with Gasteiger partial charge in [-0.1, -0.05) is 36.5 Å². The third-order valence-corrected chi connectivity index (χ3v) is 5.70. The van der Waals surface area contributed by atoms with Crippen molar-refractivity contribution in [3.8, 4) is 0 Å². The number of hydrogen-bond donors (Lipinski definition) is 1. The zero-order chi connectivity index (χ0) is 20.3. The lowest BCUT2D eigenvalue weighted by Crippen LogP contribution is -2.28. The molecular weight excluding hydrogens is 378 g/mol. The Morgan fingerprint density at radius 1 is 1.32 bits per heavy atom. The second-order valence-corrected chi connectivity index (χ2v) is 7.53. The molecule has 0 radical (unpaired) electrons. The summed E-state index contributed by atoms with van der Waals surface area (Å²) in [4.78, 5) is 43.4. The molecule has 1 N–H and O–H groups in total. The minimum Gasteiger partial charge on any atom is -0.462 e. The van der Waals surface area contributed by atoms with Crippen molar-refractivity contribution in [3.05, 3.63) is 40.4 Å².